The minimum Gasteiger partial charge on any atom is -0.378 e. The minimum atomic E-state index is 0.139. The fourth-order valence-corrected chi connectivity index (χ4v) is 3.30. The van der Waals surface area contributed by atoms with Crippen LogP contribution in [0, 0.1) is 0 Å². The van der Waals surface area contributed by atoms with Crippen molar-refractivity contribution in [1.29, 1.82) is 0 Å². The summed E-state index contributed by atoms with van der Waals surface area (Å²) < 4.78 is 0. The molecular formula is C16H18N2OS. The summed E-state index contributed by atoms with van der Waals surface area (Å²) in [6, 6.07) is 8.32. The van der Waals surface area contributed by atoms with E-state index in [1.807, 2.05) is 14.1 Å². The first-order valence-corrected chi connectivity index (χ1v) is 7.67. The first-order valence-electron chi connectivity index (χ1n) is 6.85. The van der Waals surface area contributed by atoms with E-state index in [1.165, 1.54) is 29.9 Å². The number of anilines is 1. The normalized spacial score (nSPS) is 14.3. The number of hydrogen-bond acceptors (Lipinski definition) is 4. The average molecular weight is 286 g/mol. The van der Waals surface area contributed by atoms with Crippen LogP contribution >= 0.6 is 11.3 Å². The highest BCUT2D eigenvalue weighted by molar-refractivity contribution is 7.17. The molecule has 104 valence electrons. The number of Topliss-reactive ketones (excluding diaryl/α,β-unsaturated/α-hetero) is 1. The van der Waals surface area contributed by atoms with E-state index in [9.17, 15) is 4.79 Å². The van der Waals surface area contributed by atoms with Crippen LogP contribution in [0.3, 0.4) is 0 Å². The van der Waals surface area contributed by atoms with Gasteiger partial charge < -0.3 is 4.90 Å². The molecule has 0 saturated heterocycles. The van der Waals surface area contributed by atoms with Gasteiger partial charge >= 0.3 is 0 Å². The van der Waals surface area contributed by atoms with Gasteiger partial charge in [-0.2, -0.15) is 0 Å². The zero-order valence-corrected chi connectivity index (χ0v) is 12.8. The second kappa shape index (κ2) is 5.02. The molecule has 0 amide bonds. The Morgan fingerprint density at radius 1 is 1.25 bits per heavy atom. The van der Waals surface area contributed by atoms with Crippen LogP contribution in [0.5, 0.6) is 0 Å². The number of carbonyl (C=O) groups is 1. The molecule has 1 fully saturated rings. The average Bonchev–Trinajstić information content (AvgIpc) is 3.17. The molecule has 20 heavy (non-hydrogen) atoms. The van der Waals surface area contributed by atoms with Crippen LogP contribution in [-0.4, -0.2) is 24.9 Å². The fraction of sp³-hybridized carbons (Fsp3) is 0.375. The van der Waals surface area contributed by atoms with Gasteiger partial charge in [0.1, 0.15) is 5.01 Å². The predicted molar refractivity (Wildman–Crippen MR) is 83.9 cm³/mol. The number of ketones is 1. The van der Waals surface area contributed by atoms with Gasteiger partial charge in [-0.25, -0.2) is 4.98 Å². The first kappa shape index (κ1) is 13.3. The quantitative estimate of drug-likeness (QED) is 0.798. The van der Waals surface area contributed by atoms with Crippen molar-refractivity contribution in [2.24, 2.45) is 0 Å². The van der Waals surface area contributed by atoms with E-state index in [-0.39, 0.29) is 5.78 Å². The van der Waals surface area contributed by atoms with Crippen molar-refractivity contribution in [3.63, 3.8) is 0 Å². The van der Waals surface area contributed by atoms with Crippen LogP contribution in [0.4, 0.5) is 5.69 Å². The van der Waals surface area contributed by atoms with Crippen LogP contribution in [0.2, 0.25) is 0 Å². The molecule has 3 rings (SSSR count). The maximum Gasteiger partial charge on any atom is 0.171 e. The Morgan fingerprint density at radius 2 is 1.90 bits per heavy atom. The summed E-state index contributed by atoms with van der Waals surface area (Å²) in [5, 5.41) is 0.961. The van der Waals surface area contributed by atoms with E-state index in [0.717, 1.165) is 21.1 Å². The van der Waals surface area contributed by atoms with Crippen LogP contribution in [0.15, 0.2) is 24.3 Å². The third kappa shape index (κ3) is 2.48. The number of thiazole rings is 1. The molecular weight excluding hydrogens is 268 g/mol. The standard InChI is InChI=1S/C16H18N2OS/c1-10(19)15-14(11-4-5-11)17-16(20-15)12-6-8-13(9-7-12)18(2)3/h6-9,11H,4-5H2,1-3H3. The van der Waals surface area contributed by atoms with Gasteiger partial charge in [0, 0.05) is 38.2 Å². The van der Waals surface area contributed by atoms with Gasteiger partial charge in [0.25, 0.3) is 0 Å². The molecule has 0 bridgehead atoms. The van der Waals surface area contributed by atoms with Crippen LogP contribution in [0.1, 0.15) is 41.0 Å². The largest absolute Gasteiger partial charge is 0.378 e. The Balaban J connectivity index is 1.97. The Labute approximate surface area is 123 Å². The molecule has 0 unspecified atom stereocenters. The van der Waals surface area contributed by atoms with Gasteiger partial charge in [0.2, 0.25) is 0 Å². The van der Waals surface area contributed by atoms with Gasteiger partial charge in [-0.15, -0.1) is 11.3 Å². The molecule has 1 aromatic carbocycles. The molecule has 1 heterocycles. The summed E-state index contributed by atoms with van der Waals surface area (Å²) in [5.41, 5.74) is 3.28. The minimum absolute atomic E-state index is 0.139. The third-order valence-electron chi connectivity index (χ3n) is 3.57. The molecule has 0 radical (unpaired) electrons. The molecule has 1 saturated carbocycles. The van der Waals surface area contributed by atoms with Crippen molar-refractivity contribution in [3.05, 3.63) is 34.8 Å². The second-order valence-corrected chi connectivity index (χ2v) is 6.50. The number of benzene rings is 1. The molecule has 3 nitrogen and oxygen atoms in total. The highest BCUT2D eigenvalue weighted by Gasteiger charge is 2.31. The van der Waals surface area contributed by atoms with E-state index in [1.54, 1.807) is 6.92 Å². The van der Waals surface area contributed by atoms with Crippen molar-refractivity contribution in [1.82, 2.24) is 4.98 Å². The number of hydrogen-bond donors (Lipinski definition) is 0. The molecule has 1 aliphatic carbocycles. The summed E-state index contributed by atoms with van der Waals surface area (Å²) in [4.78, 5) is 19.4. The summed E-state index contributed by atoms with van der Waals surface area (Å²) in [6.07, 6.45) is 2.34. The third-order valence-corrected chi connectivity index (χ3v) is 4.79. The number of nitrogens with zero attached hydrogens (tertiary/aromatic N) is 2. The molecule has 0 N–H and O–H groups in total. The van der Waals surface area contributed by atoms with Crippen LogP contribution < -0.4 is 4.90 Å². The number of aromatic nitrogens is 1. The summed E-state index contributed by atoms with van der Waals surface area (Å²) in [6.45, 7) is 1.64. The van der Waals surface area contributed by atoms with Gasteiger partial charge in [0.05, 0.1) is 10.6 Å². The number of rotatable bonds is 4. The highest BCUT2D eigenvalue weighted by Crippen LogP contribution is 2.44. The summed E-state index contributed by atoms with van der Waals surface area (Å²) in [5.74, 6) is 0.653. The maximum atomic E-state index is 11.8. The SMILES string of the molecule is CC(=O)c1sc(-c2ccc(N(C)C)cc2)nc1C1CC1. The molecule has 0 spiro atoms. The lowest BCUT2D eigenvalue weighted by Gasteiger charge is -2.11. The lowest BCUT2D eigenvalue weighted by atomic mass is 10.2. The van der Waals surface area contributed by atoms with Crippen molar-refractivity contribution in [2.45, 2.75) is 25.7 Å². The van der Waals surface area contributed by atoms with E-state index < -0.39 is 0 Å². The molecule has 0 aliphatic heterocycles. The monoisotopic (exact) mass is 286 g/mol. The van der Waals surface area contributed by atoms with Gasteiger partial charge in [-0.1, -0.05) is 0 Å². The van der Waals surface area contributed by atoms with Crippen molar-refractivity contribution >= 4 is 22.8 Å². The lowest BCUT2D eigenvalue weighted by Crippen LogP contribution is -2.07. The molecule has 4 heteroatoms. The summed E-state index contributed by atoms with van der Waals surface area (Å²) in [7, 11) is 4.05. The van der Waals surface area contributed by atoms with E-state index in [2.05, 4.69) is 29.2 Å². The summed E-state index contributed by atoms with van der Waals surface area (Å²) >= 11 is 1.53. The molecule has 2 aromatic rings. The first-order chi connectivity index (χ1) is 9.56. The van der Waals surface area contributed by atoms with E-state index >= 15 is 0 Å². The molecule has 0 atom stereocenters. The molecule has 1 aliphatic rings. The fourth-order valence-electron chi connectivity index (χ4n) is 2.24. The van der Waals surface area contributed by atoms with Gasteiger partial charge in [-0.3, -0.25) is 4.79 Å². The Morgan fingerprint density at radius 3 is 2.40 bits per heavy atom. The van der Waals surface area contributed by atoms with E-state index in [4.69, 9.17) is 4.98 Å². The molecule has 1 aromatic heterocycles. The Kier molecular flexibility index (Phi) is 3.34. The van der Waals surface area contributed by atoms with Gasteiger partial charge in [-0.05, 0) is 37.1 Å². The predicted octanol–water partition coefficient (Wildman–Crippen LogP) is 3.96. The maximum absolute atomic E-state index is 11.8. The van der Waals surface area contributed by atoms with Crippen molar-refractivity contribution in [2.75, 3.05) is 19.0 Å². The Hall–Kier alpha value is -1.68. The highest BCUT2D eigenvalue weighted by atomic mass is 32.1. The van der Waals surface area contributed by atoms with Crippen molar-refractivity contribution in [3.8, 4) is 10.6 Å². The second-order valence-electron chi connectivity index (χ2n) is 5.51. The topological polar surface area (TPSA) is 33.2 Å². The van der Waals surface area contributed by atoms with Crippen LogP contribution in [-0.2, 0) is 0 Å². The number of carbonyl (C=O) groups excluding carboxylic acids is 1. The van der Waals surface area contributed by atoms with E-state index in [0.29, 0.717) is 5.92 Å². The zero-order chi connectivity index (χ0) is 14.3. The smallest absolute Gasteiger partial charge is 0.171 e. The van der Waals surface area contributed by atoms with Gasteiger partial charge in [0.15, 0.2) is 5.78 Å². The lowest BCUT2D eigenvalue weighted by molar-refractivity contribution is 0.102. The van der Waals surface area contributed by atoms with Crippen molar-refractivity contribution < 1.29 is 4.79 Å². The van der Waals surface area contributed by atoms with Crippen LogP contribution in [0.25, 0.3) is 10.6 Å². The Bertz CT molecular complexity index is 639. The zero-order valence-electron chi connectivity index (χ0n) is 12.0.